The van der Waals surface area contributed by atoms with Crippen LogP contribution in [0.2, 0.25) is 0 Å². The topological polar surface area (TPSA) is 9.23 Å². The highest BCUT2D eigenvalue weighted by Crippen LogP contribution is 2.55. The van der Waals surface area contributed by atoms with Gasteiger partial charge in [-0.3, -0.25) is 0 Å². The summed E-state index contributed by atoms with van der Waals surface area (Å²) in [6, 6.07) is 9.58. The third kappa shape index (κ3) is 2.43. The Balaban J connectivity index is 1.74. The summed E-state index contributed by atoms with van der Waals surface area (Å²) in [6.45, 7) is 0.542. The summed E-state index contributed by atoms with van der Waals surface area (Å²) in [7, 11) is 0. The monoisotopic (exact) mass is 290 g/mol. The molecule has 0 N–H and O–H groups in total. The van der Waals surface area contributed by atoms with Gasteiger partial charge in [0.05, 0.1) is 19.1 Å². The highest BCUT2D eigenvalue weighted by Gasteiger charge is 2.67. The molecule has 16 heavy (non-hydrogen) atoms. The van der Waals surface area contributed by atoms with E-state index < -0.39 is 17.8 Å². The SMILES string of the molecule is FC1(F)[C@H](CBr)[C@@H]1COCc1ccccc1. The van der Waals surface area contributed by atoms with Crippen LogP contribution in [0.5, 0.6) is 0 Å². The zero-order valence-electron chi connectivity index (χ0n) is 8.70. The molecular formula is C12H13BrF2O. The van der Waals surface area contributed by atoms with Gasteiger partial charge in [0.2, 0.25) is 0 Å². The number of hydrogen-bond acceptors (Lipinski definition) is 1. The van der Waals surface area contributed by atoms with Gasteiger partial charge in [0, 0.05) is 11.2 Å². The summed E-state index contributed by atoms with van der Waals surface area (Å²) in [6.07, 6.45) is 0. The van der Waals surface area contributed by atoms with E-state index in [4.69, 9.17) is 4.74 Å². The first-order valence-electron chi connectivity index (χ1n) is 5.21. The molecule has 0 aromatic heterocycles. The van der Waals surface area contributed by atoms with Crippen LogP contribution in [0.3, 0.4) is 0 Å². The van der Waals surface area contributed by atoms with Gasteiger partial charge in [-0.25, -0.2) is 8.78 Å². The molecule has 1 aliphatic carbocycles. The minimum atomic E-state index is -2.54. The van der Waals surface area contributed by atoms with Gasteiger partial charge < -0.3 is 4.74 Å². The van der Waals surface area contributed by atoms with Crippen molar-refractivity contribution >= 4 is 15.9 Å². The molecule has 1 nitrogen and oxygen atoms in total. The lowest BCUT2D eigenvalue weighted by molar-refractivity contribution is 0.0468. The Labute approximate surface area is 102 Å². The molecule has 1 aromatic carbocycles. The lowest BCUT2D eigenvalue weighted by atomic mass is 10.2. The molecule has 0 radical (unpaired) electrons. The molecule has 0 heterocycles. The lowest BCUT2D eigenvalue weighted by Crippen LogP contribution is -2.03. The van der Waals surface area contributed by atoms with Crippen molar-refractivity contribution in [2.75, 3.05) is 11.9 Å². The van der Waals surface area contributed by atoms with Crippen LogP contribution < -0.4 is 0 Å². The minimum absolute atomic E-state index is 0.137. The van der Waals surface area contributed by atoms with E-state index in [1.807, 2.05) is 30.3 Å². The fraction of sp³-hybridized carbons (Fsp3) is 0.500. The van der Waals surface area contributed by atoms with E-state index in [-0.39, 0.29) is 6.61 Å². The summed E-state index contributed by atoms with van der Waals surface area (Å²) in [5.74, 6) is -3.71. The van der Waals surface area contributed by atoms with Crippen LogP contribution in [-0.4, -0.2) is 17.9 Å². The summed E-state index contributed by atoms with van der Waals surface area (Å²) in [5.41, 5.74) is 1.02. The molecule has 2 rings (SSSR count). The van der Waals surface area contributed by atoms with Gasteiger partial charge in [0.15, 0.2) is 0 Å². The highest BCUT2D eigenvalue weighted by molar-refractivity contribution is 9.09. The molecule has 1 saturated carbocycles. The molecule has 0 bridgehead atoms. The lowest BCUT2D eigenvalue weighted by Gasteiger charge is -2.03. The first kappa shape index (κ1) is 12.0. The fourth-order valence-electron chi connectivity index (χ4n) is 1.78. The second-order valence-electron chi connectivity index (χ2n) is 4.04. The summed E-state index contributed by atoms with van der Waals surface area (Å²) in [5, 5.41) is 0.347. The Morgan fingerprint density at radius 3 is 2.44 bits per heavy atom. The van der Waals surface area contributed by atoms with E-state index in [0.717, 1.165) is 5.56 Å². The predicted octanol–water partition coefficient (Wildman–Crippen LogP) is 3.48. The van der Waals surface area contributed by atoms with Crippen molar-refractivity contribution in [1.29, 1.82) is 0 Å². The number of ether oxygens (including phenoxy) is 1. The van der Waals surface area contributed by atoms with Crippen molar-refractivity contribution in [3.05, 3.63) is 35.9 Å². The molecule has 0 amide bonds. The quantitative estimate of drug-likeness (QED) is 0.755. The summed E-state index contributed by atoms with van der Waals surface area (Å²) < 4.78 is 31.5. The predicted molar refractivity (Wildman–Crippen MR) is 61.8 cm³/mol. The van der Waals surface area contributed by atoms with Crippen molar-refractivity contribution < 1.29 is 13.5 Å². The highest BCUT2D eigenvalue weighted by atomic mass is 79.9. The van der Waals surface area contributed by atoms with Crippen LogP contribution in [0.25, 0.3) is 0 Å². The summed E-state index contributed by atoms with van der Waals surface area (Å²) in [4.78, 5) is 0. The van der Waals surface area contributed by atoms with Gasteiger partial charge in [0.1, 0.15) is 0 Å². The van der Waals surface area contributed by atoms with E-state index in [1.165, 1.54) is 0 Å². The van der Waals surface area contributed by atoms with Crippen molar-refractivity contribution in [2.45, 2.75) is 12.5 Å². The van der Waals surface area contributed by atoms with Gasteiger partial charge in [0.25, 0.3) is 5.92 Å². The Morgan fingerprint density at radius 2 is 1.88 bits per heavy atom. The number of hydrogen-bond donors (Lipinski definition) is 0. The first-order chi connectivity index (χ1) is 7.66. The normalized spacial score (nSPS) is 26.7. The van der Waals surface area contributed by atoms with E-state index >= 15 is 0 Å². The Hall–Kier alpha value is -0.480. The molecule has 0 unspecified atom stereocenters. The van der Waals surface area contributed by atoms with Crippen LogP contribution in [-0.2, 0) is 11.3 Å². The fourth-order valence-corrected chi connectivity index (χ4v) is 2.66. The van der Waals surface area contributed by atoms with Crippen LogP contribution in [0.1, 0.15) is 5.56 Å². The van der Waals surface area contributed by atoms with Crippen molar-refractivity contribution in [1.82, 2.24) is 0 Å². The Kier molecular flexibility index (Phi) is 3.60. The average molecular weight is 291 g/mol. The van der Waals surface area contributed by atoms with Gasteiger partial charge in [-0.05, 0) is 5.56 Å². The van der Waals surface area contributed by atoms with Gasteiger partial charge in [-0.2, -0.15) is 0 Å². The molecule has 0 spiro atoms. The second-order valence-corrected chi connectivity index (χ2v) is 4.69. The maximum atomic E-state index is 13.1. The van der Waals surface area contributed by atoms with Crippen molar-refractivity contribution in [3.8, 4) is 0 Å². The maximum absolute atomic E-state index is 13.1. The molecule has 0 saturated heterocycles. The molecular weight excluding hydrogens is 278 g/mol. The largest absolute Gasteiger partial charge is 0.376 e. The van der Waals surface area contributed by atoms with Crippen LogP contribution in [0, 0.1) is 11.8 Å². The van der Waals surface area contributed by atoms with Gasteiger partial charge in [-0.15, -0.1) is 0 Å². The first-order valence-corrected chi connectivity index (χ1v) is 6.34. The maximum Gasteiger partial charge on any atom is 0.257 e. The molecule has 4 heteroatoms. The second kappa shape index (κ2) is 4.80. The molecule has 88 valence electrons. The summed E-state index contributed by atoms with van der Waals surface area (Å²) >= 11 is 3.09. The number of benzene rings is 1. The number of alkyl halides is 3. The van der Waals surface area contributed by atoms with Crippen LogP contribution in [0.15, 0.2) is 30.3 Å². The molecule has 0 aliphatic heterocycles. The molecule has 1 aliphatic rings. The van der Waals surface area contributed by atoms with E-state index in [1.54, 1.807) is 0 Å². The third-order valence-electron chi connectivity index (χ3n) is 2.94. The van der Waals surface area contributed by atoms with Crippen LogP contribution >= 0.6 is 15.9 Å². The van der Waals surface area contributed by atoms with Crippen molar-refractivity contribution in [3.63, 3.8) is 0 Å². The van der Waals surface area contributed by atoms with E-state index in [9.17, 15) is 8.78 Å². The zero-order valence-corrected chi connectivity index (χ0v) is 10.3. The minimum Gasteiger partial charge on any atom is -0.376 e. The number of halogens is 3. The zero-order chi connectivity index (χ0) is 11.6. The van der Waals surface area contributed by atoms with E-state index in [2.05, 4.69) is 15.9 Å². The van der Waals surface area contributed by atoms with E-state index in [0.29, 0.717) is 11.9 Å². The molecule has 1 fully saturated rings. The number of rotatable bonds is 5. The van der Waals surface area contributed by atoms with Gasteiger partial charge >= 0.3 is 0 Å². The Bertz CT molecular complexity index is 342. The van der Waals surface area contributed by atoms with Crippen LogP contribution in [0.4, 0.5) is 8.78 Å². The van der Waals surface area contributed by atoms with Gasteiger partial charge in [-0.1, -0.05) is 46.3 Å². The average Bonchev–Trinajstić information content (AvgIpc) is 2.81. The smallest absolute Gasteiger partial charge is 0.257 e. The molecule has 2 atom stereocenters. The van der Waals surface area contributed by atoms with Crippen molar-refractivity contribution in [2.24, 2.45) is 11.8 Å². The Morgan fingerprint density at radius 1 is 1.19 bits per heavy atom. The molecule has 1 aromatic rings. The third-order valence-corrected chi connectivity index (χ3v) is 3.64. The standard InChI is InChI=1S/C12H13BrF2O/c13-6-10-11(12(10,14)15)8-16-7-9-4-2-1-3-5-9/h1-5,10-11H,6-8H2/t10-,11+/m1/s1.